The highest BCUT2D eigenvalue weighted by atomic mass is 32.1. The maximum absolute atomic E-state index is 5.94. The molecule has 0 atom stereocenters. The molecule has 0 bridgehead atoms. The van der Waals surface area contributed by atoms with Gasteiger partial charge in [-0.15, -0.1) is 11.3 Å². The van der Waals surface area contributed by atoms with Crippen molar-refractivity contribution in [3.8, 4) is 0 Å². The number of hydrogen-bond donors (Lipinski definition) is 1. The van der Waals surface area contributed by atoms with E-state index in [1.165, 1.54) is 34.8 Å². The third-order valence-electron chi connectivity index (χ3n) is 4.16. The van der Waals surface area contributed by atoms with Gasteiger partial charge in [-0.25, -0.2) is 4.98 Å². The summed E-state index contributed by atoms with van der Waals surface area (Å²) < 4.78 is 5.94. The van der Waals surface area contributed by atoms with Crippen molar-refractivity contribution in [1.29, 1.82) is 0 Å². The summed E-state index contributed by atoms with van der Waals surface area (Å²) >= 11 is 1.86. The lowest BCUT2D eigenvalue weighted by Gasteiger charge is -2.34. The van der Waals surface area contributed by atoms with Crippen LogP contribution in [0.2, 0.25) is 0 Å². The lowest BCUT2D eigenvalue weighted by atomic mass is 9.85. The van der Waals surface area contributed by atoms with Gasteiger partial charge in [0.2, 0.25) is 0 Å². The molecule has 1 fully saturated rings. The van der Waals surface area contributed by atoms with Crippen LogP contribution in [0.15, 0.2) is 0 Å². The zero-order chi connectivity index (χ0) is 14.6. The van der Waals surface area contributed by atoms with Crippen molar-refractivity contribution in [2.45, 2.75) is 64.5 Å². The van der Waals surface area contributed by atoms with Gasteiger partial charge in [-0.05, 0) is 32.2 Å². The summed E-state index contributed by atoms with van der Waals surface area (Å²) in [6, 6.07) is 0. The van der Waals surface area contributed by atoms with Crippen molar-refractivity contribution in [1.82, 2.24) is 10.3 Å². The van der Waals surface area contributed by atoms with Gasteiger partial charge in [0.05, 0.1) is 5.69 Å². The molecular weight excluding hydrogens is 268 g/mol. The largest absolute Gasteiger partial charge is 0.371 e. The molecule has 1 N–H and O–H groups in total. The number of methoxy groups -OCH3 is 1. The molecule has 2 rings (SSSR count). The number of rotatable bonds is 6. The van der Waals surface area contributed by atoms with Crippen LogP contribution in [0.3, 0.4) is 0 Å². The molecule has 1 aromatic rings. The van der Waals surface area contributed by atoms with Crippen LogP contribution in [-0.2, 0) is 23.3 Å². The minimum absolute atomic E-state index is 0.110. The SMILES string of the molecule is CNCc1sc(C2(OC)CCCCC2)nc1CC(C)C. The highest BCUT2D eigenvalue weighted by Crippen LogP contribution is 2.42. The van der Waals surface area contributed by atoms with E-state index in [9.17, 15) is 0 Å². The van der Waals surface area contributed by atoms with E-state index < -0.39 is 0 Å². The van der Waals surface area contributed by atoms with Crippen LogP contribution in [0.5, 0.6) is 0 Å². The summed E-state index contributed by atoms with van der Waals surface area (Å²) in [5, 5.41) is 4.48. The van der Waals surface area contributed by atoms with Crippen LogP contribution in [-0.4, -0.2) is 19.1 Å². The predicted molar refractivity (Wildman–Crippen MR) is 85.2 cm³/mol. The van der Waals surface area contributed by atoms with Gasteiger partial charge in [-0.2, -0.15) is 0 Å². The van der Waals surface area contributed by atoms with Crippen molar-refractivity contribution in [3.63, 3.8) is 0 Å². The zero-order valence-electron chi connectivity index (χ0n) is 13.3. The first-order valence-electron chi connectivity index (χ1n) is 7.80. The van der Waals surface area contributed by atoms with Crippen LogP contribution >= 0.6 is 11.3 Å². The molecule has 0 aliphatic heterocycles. The summed E-state index contributed by atoms with van der Waals surface area (Å²) in [6.07, 6.45) is 7.16. The third-order valence-corrected chi connectivity index (χ3v) is 5.44. The molecule has 1 aliphatic rings. The highest BCUT2D eigenvalue weighted by molar-refractivity contribution is 7.11. The monoisotopic (exact) mass is 296 g/mol. The van der Waals surface area contributed by atoms with E-state index in [2.05, 4.69) is 19.2 Å². The molecule has 0 amide bonds. The average molecular weight is 296 g/mol. The molecule has 20 heavy (non-hydrogen) atoms. The first-order chi connectivity index (χ1) is 9.61. The molecule has 0 saturated heterocycles. The minimum atomic E-state index is -0.110. The van der Waals surface area contributed by atoms with Gasteiger partial charge in [0.15, 0.2) is 0 Å². The van der Waals surface area contributed by atoms with Crippen molar-refractivity contribution in [2.24, 2.45) is 5.92 Å². The van der Waals surface area contributed by atoms with Gasteiger partial charge in [0, 0.05) is 18.5 Å². The molecule has 4 heteroatoms. The Morgan fingerprint density at radius 1 is 1.30 bits per heavy atom. The van der Waals surface area contributed by atoms with Gasteiger partial charge in [0.1, 0.15) is 10.6 Å². The Morgan fingerprint density at radius 2 is 2.00 bits per heavy atom. The Hall–Kier alpha value is -0.450. The normalized spacial score (nSPS) is 18.6. The summed E-state index contributed by atoms with van der Waals surface area (Å²) in [5.41, 5.74) is 1.16. The molecule has 114 valence electrons. The van der Waals surface area contributed by atoms with Crippen LogP contribution in [0, 0.1) is 5.92 Å². The number of ether oxygens (including phenoxy) is 1. The molecule has 0 radical (unpaired) electrons. The predicted octanol–water partition coefficient (Wildman–Crippen LogP) is 3.87. The number of aromatic nitrogens is 1. The average Bonchev–Trinajstić information content (AvgIpc) is 2.83. The maximum Gasteiger partial charge on any atom is 0.125 e. The molecule has 1 aromatic heterocycles. The first kappa shape index (κ1) is 15.9. The molecule has 3 nitrogen and oxygen atoms in total. The van der Waals surface area contributed by atoms with E-state index in [4.69, 9.17) is 9.72 Å². The molecule has 1 heterocycles. The van der Waals surface area contributed by atoms with Crippen molar-refractivity contribution in [2.75, 3.05) is 14.2 Å². The fraction of sp³-hybridized carbons (Fsp3) is 0.812. The second-order valence-corrected chi connectivity index (χ2v) is 7.36. The molecule has 0 unspecified atom stereocenters. The number of nitrogens with one attached hydrogen (secondary N) is 1. The van der Waals surface area contributed by atoms with Crippen molar-refractivity contribution >= 4 is 11.3 Å². The van der Waals surface area contributed by atoms with Crippen LogP contribution in [0.25, 0.3) is 0 Å². The van der Waals surface area contributed by atoms with Crippen LogP contribution in [0.1, 0.15) is 61.5 Å². The zero-order valence-corrected chi connectivity index (χ0v) is 14.1. The standard InChI is InChI=1S/C16H28N2OS/c1-12(2)10-13-14(11-17-3)20-15(18-13)16(19-4)8-6-5-7-9-16/h12,17H,5-11H2,1-4H3. The van der Waals surface area contributed by atoms with Crippen LogP contribution < -0.4 is 5.32 Å². The van der Waals surface area contributed by atoms with E-state index in [-0.39, 0.29) is 5.60 Å². The summed E-state index contributed by atoms with van der Waals surface area (Å²) in [5.74, 6) is 0.644. The topological polar surface area (TPSA) is 34.1 Å². The number of thiazole rings is 1. The highest BCUT2D eigenvalue weighted by Gasteiger charge is 2.37. The number of nitrogens with zero attached hydrogens (tertiary/aromatic N) is 1. The quantitative estimate of drug-likeness (QED) is 0.865. The number of hydrogen-bond acceptors (Lipinski definition) is 4. The van der Waals surface area contributed by atoms with Gasteiger partial charge in [0.25, 0.3) is 0 Å². The Kier molecular flexibility index (Phi) is 5.58. The summed E-state index contributed by atoms with van der Waals surface area (Å²) in [7, 11) is 3.86. The Morgan fingerprint density at radius 3 is 2.55 bits per heavy atom. The van der Waals surface area contributed by atoms with Crippen molar-refractivity contribution < 1.29 is 4.74 Å². The fourth-order valence-electron chi connectivity index (χ4n) is 3.05. The molecule has 1 saturated carbocycles. The lowest BCUT2D eigenvalue weighted by Crippen LogP contribution is -2.31. The van der Waals surface area contributed by atoms with E-state index in [0.717, 1.165) is 25.8 Å². The molecule has 0 aromatic carbocycles. The summed E-state index contributed by atoms with van der Waals surface area (Å²) in [4.78, 5) is 6.38. The Labute approximate surface area is 127 Å². The molecule has 0 spiro atoms. The van der Waals surface area contributed by atoms with Crippen molar-refractivity contribution in [3.05, 3.63) is 15.6 Å². The van der Waals surface area contributed by atoms with E-state index in [0.29, 0.717) is 5.92 Å². The second-order valence-electron chi connectivity index (χ2n) is 6.28. The Bertz CT molecular complexity index is 422. The lowest BCUT2D eigenvalue weighted by molar-refractivity contribution is -0.0447. The first-order valence-corrected chi connectivity index (χ1v) is 8.62. The minimum Gasteiger partial charge on any atom is -0.371 e. The molecule has 1 aliphatic carbocycles. The fourth-order valence-corrected chi connectivity index (χ4v) is 4.38. The van der Waals surface area contributed by atoms with Gasteiger partial charge < -0.3 is 10.1 Å². The van der Waals surface area contributed by atoms with Gasteiger partial charge >= 0.3 is 0 Å². The van der Waals surface area contributed by atoms with Crippen LogP contribution in [0.4, 0.5) is 0 Å². The van der Waals surface area contributed by atoms with E-state index >= 15 is 0 Å². The van der Waals surface area contributed by atoms with E-state index in [1.54, 1.807) is 0 Å². The Balaban J connectivity index is 2.30. The second kappa shape index (κ2) is 7.01. The van der Waals surface area contributed by atoms with E-state index in [1.807, 2.05) is 25.5 Å². The smallest absolute Gasteiger partial charge is 0.125 e. The molecular formula is C16H28N2OS. The van der Waals surface area contributed by atoms with Gasteiger partial charge in [-0.1, -0.05) is 33.1 Å². The van der Waals surface area contributed by atoms with Gasteiger partial charge in [-0.3, -0.25) is 0 Å². The summed E-state index contributed by atoms with van der Waals surface area (Å²) in [6.45, 7) is 5.43. The third kappa shape index (κ3) is 3.41. The maximum atomic E-state index is 5.94.